The lowest BCUT2D eigenvalue weighted by Crippen LogP contribution is -2.44. The third kappa shape index (κ3) is 5.26. The second kappa shape index (κ2) is 11.2. The van der Waals surface area contributed by atoms with E-state index in [4.69, 9.17) is 0 Å². The number of hydrogen-bond donors (Lipinski definition) is 2. The van der Waals surface area contributed by atoms with E-state index in [1.54, 1.807) is 12.3 Å². The van der Waals surface area contributed by atoms with Gasteiger partial charge < -0.3 is 10.4 Å². The maximum Gasteiger partial charge on any atom is 0.255 e. The zero-order valence-electron chi connectivity index (χ0n) is 21.5. The van der Waals surface area contributed by atoms with Crippen molar-refractivity contribution < 1.29 is 14.7 Å². The molecule has 188 valence electrons. The Morgan fingerprint density at radius 3 is 2.64 bits per heavy atom. The van der Waals surface area contributed by atoms with Crippen LogP contribution in [0.2, 0.25) is 0 Å². The van der Waals surface area contributed by atoms with Gasteiger partial charge in [0.25, 0.3) is 5.91 Å². The van der Waals surface area contributed by atoms with Crippen LogP contribution < -0.4 is 5.32 Å². The molecule has 2 aliphatic carbocycles. The molecule has 1 aromatic heterocycles. The van der Waals surface area contributed by atoms with Crippen molar-refractivity contribution in [2.75, 3.05) is 5.32 Å². The summed E-state index contributed by atoms with van der Waals surface area (Å²) >= 11 is 0. The summed E-state index contributed by atoms with van der Waals surface area (Å²) in [4.78, 5) is 30.3. The third-order valence-electron chi connectivity index (χ3n) is 7.64. The number of aliphatic hydroxyl groups is 1. The number of hydrogen-bond acceptors (Lipinski definition) is 4. The first kappa shape index (κ1) is 25.8. The lowest BCUT2D eigenvalue weighted by atomic mass is 9.58. The Labute approximate surface area is 214 Å². The monoisotopic (exact) mass is 484 g/mol. The number of rotatable bonds is 4. The highest BCUT2D eigenvalue weighted by Crippen LogP contribution is 2.50. The van der Waals surface area contributed by atoms with Gasteiger partial charge in [0.1, 0.15) is 5.78 Å². The van der Waals surface area contributed by atoms with Gasteiger partial charge in [-0.05, 0) is 79.5 Å². The van der Waals surface area contributed by atoms with E-state index < -0.39 is 0 Å². The number of benzene rings is 2. The number of pyridine rings is 1. The van der Waals surface area contributed by atoms with E-state index in [-0.39, 0.29) is 29.1 Å². The average molecular weight is 485 g/mol. The Morgan fingerprint density at radius 1 is 1.11 bits per heavy atom. The summed E-state index contributed by atoms with van der Waals surface area (Å²) in [5.41, 5.74) is 5.09. The fraction of sp³-hybridized carbons (Fsp3) is 0.387. The number of ketones is 1. The minimum absolute atomic E-state index is 0.0860. The van der Waals surface area contributed by atoms with Gasteiger partial charge in [0.05, 0.1) is 17.5 Å². The van der Waals surface area contributed by atoms with Crippen molar-refractivity contribution in [3.05, 3.63) is 94.8 Å². The van der Waals surface area contributed by atoms with Crippen LogP contribution in [0.15, 0.2) is 66.9 Å². The molecule has 1 saturated carbocycles. The first-order chi connectivity index (χ1) is 17.4. The van der Waals surface area contributed by atoms with Gasteiger partial charge in [-0.3, -0.25) is 14.6 Å². The fourth-order valence-electron chi connectivity index (χ4n) is 5.96. The van der Waals surface area contributed by atoms with Crippen molar-refractivity contribution in [2.45, 2.75) is 70.8 Å². The molecule has 3 atom stereocenters. The standard InChI is InChI=1S/C29H30N2O3.C2H6/c1-19-27(8-5-13-30-19)31-28(34)21-9-10-26-22(14-21)15-25(33)17-23-16-24(32)11-12-29(23,26)18-20-6-3-2-4-7-20;1-2/h2-10,13-14,23-24,32H,11-12,15-18H2,1H3,(H,31,34);1-2H3. The van der Waals surface area contributed by atoms with Gasteiger partial charge >= 0.3 is 0 Å². The molecule has 2 N–H and O–H groups in total. The highest BCUT2D eigenvalue weighted by atomic mass is 16.3. The van der Waals surface area contributed by atoms with Crippen molar-refractivity contribution in [3.8, 4) is 0 Å². The lowest BCUT2D eigenvalue weighted by molar-refractivity contribution is -0.120. The van der Waals surface area contributed by atoms with E-state index >= 15 is 0 Å². The molecule has 5 rings (SSSR count). The molecule has 0 saturated heterocycles. The third-order valence-corrected chi connectivity index (χ3v) is 7.64. The largest absolute Gasteiger partial charge is 0.393 e. The molecule has 3 aromatic rings. The van der Waals surface area contributed by atoms with Crippen molar-refractivity contribution in [1.82, 2.24) is 4.98 Å². The number of aromatic nitrogens is 1. The van der Waals surface area contributed by atoms with Gasteiger partial charge in [-0.25, -0.2) is 0 Å². The van der Waals surface area contributed by atoms with E-state index in [9.17, 15) is 14.7 Å². The summed E-state index contributed by atoms with van der Waals surface area (Å²) in [7, 11) is 0. The van der Waals surface area contributed by atoms with Crippen molar-refractivity contribution in [1.29, 1.82) is 0 Å². The first-order valence-electron chi connectivity index (χ1n) is 13.0. The number of aryl methyl sites for hydroxylation is 1. The number of amides is 1. The molecular formula is C31H36N2O3. The van der Waals surface area contributed by atoms with Crippen molar-refractivity contribution >= 4 is 17.4 Å². The van der Waals surface area contributed by atoms with Crippen LogP contribution in [-0.4, -0.2) is 27.9 Å². The van der Waals surface area contributed by atoms with Crippen molar-refractivity contribution in [2.24, 2.45) is 5.92 Å². The predicted molar refractivity (Wildman–Crippen MR) is 143 cm³/mol. The second-order valence-electron chi connectivity index (χ2n) is 9.83. The van der Waals surface area contributed by atoms with E-state index in [1.165, 1.54) is 5.56 Å². The zero-order chi connectivity index (χ0) is 25.7. The number of carbonyl (C=O) groups excluding carboxylic acids is 2. The number of anilines is 1. The summed E-state index contributed by atoms with van der Waals surface area (Å²) in [6.07, 6.45) is 5.14. The lowest BCUT2D eigenvalue weighted by Gasteiger charge is -2.46. The van der Waals surface area contributed by atoms with Crippen LogP contribution in [0.5, 0.6) is 0 Å². The molecule has 1 heterocycles. The van der Waals surface area contributed by atoms with Crippen LogP contribution in [0.1, 0.15) is 72.3 Å². The van der Waals surface area contributed by atoms with Crippen LogP contribution in [0, 0.1) is 12.8 Å². The number of fused-ring (bicyclic) bond motifs is 3. The minimum atomic E-state index is -0.365. The number of Topliss-reactive ketones (excluding diaryl/α,β-unsaturated/α-hetero) is 1. The Hall–Kier alpha value is -3.31. The molecule has 0 radical (unpaired) electrons. The van der Waals surface area contributed by atoms with Crippen LogP contribution in [0.3, 0.4) is 0 Å². The van der Waals surface area contributed by atoms with E-state index in [1.807, 2.05) is 45.0 Å². The maximum atomic E-state index is 13.1. The second-order valence-corrected chi connectivity index (χ2v) is 9.83. The van der Waals surface area contributed by atoms with Crippen LogP contribution in [-0.2, 0) is 23.1 Å². The van der Waals surface area contributed by atoms with Crippen LogP contribution >= 0.6 is 0 Å². The number of nitrogens with zero attached hydrogens (tertiary/aromatic N) is 1. The summed E-state index contributed by atoms with van der Waals surface area (Å²) in [6, 6.07) is 19.9. The Kier molecular flexibility index (Phi) is 8.00. The molecule has 36 heavy (non-hydrogen) atoms. The molecular weight excluding hydrogens is 448 g/mol. The molecule has 5 nitrogen and oxygen atoms in total. The zero-order valence-corrected chi connectivity index (χ0v) is 21.5. The molecule has 5 heteroatoms. The average Bonchev–Trinajstić information content (AvgIpc) is 3.00. The topological polar surface area (TPSA) is 79.3 Å². The van der Waals surface area contributed by atoms with Gasteiger partial charge in [0.2, 0.25) is 0 Å². The number of aliphatic hydroxyl groups excluding tert-OH is 1. The minimum Gasteiger partial charge on any atom is -0.393 e. The number of carbonyl (C=O) groups is 2. The van der Waals surface area contributed by atoms with Gasteiger partial charge in [0.15, 0.2) is 0 Å². The quantitative estimate of drug-likeness (QED) is 0.489. The Bertz CT molecular complexity index is 1220. The van der Waals surface area contributed by atoms with E-state index in [0.29, 0.717) is 30.5 Å². The molecule has 3 unspecified atom stereocenters. The molecule has 2 aliphatic rings. The SMILES string of the molecule is CC.Cc1ncccc1NC(=O)c1ccc2c(c1)CC(=O)CC1CC(O)CCC21Cc1ccccc1. The highest BCUT2D eigenvalue weighted by molar-refractivity contribution is 6.04. The molecule has 1 fully saturated rings. The Morgan fingerprint density at radius 2 is 1.89 bits per heavy atom. The van der Waals surface area contributed by atoms with Crippen molar-refractivity contribution in [3.63, 3.8) is 0 Å². The maximum absolute atomic E-state index is 13.1. The van der Waals surface area contributed by atoms with Gasteiger partial charge in [-0.1, -0.05) is 50.2 Å². The van der Waals surface area contributed by atoms with Gasteiger partial charge in [-0.2, -0.15) is 0 Å². The van der Waals surface area contributed by atoms with Crippen LogP contribution in [0.4, 0.5) is 5.69 Å². The molecule has 0 aliphatic heterocycles. The molecule has 0 bridgehead atoms. The van der Waals surface area contributed by atoms with E-state index in [2.05, 4.69) is 40.6 Å². The summed E-state index contributed by atoms with van der Waals surface area (Å²) in [6.45, 7) is 5.86. The highest BCUT2D eigenvalue weighted by Gasteiger charge is 2.47. The predicted octanol–water partition coefficient (Wildman–Crippen LogP) is 5.83. The van der Waals surface area contributed by atoms with Gasteiger partial charge in [-0.15, -0.1) is 0 Å². The molecule has 2 aromatic carbocycles. The Balaban J connectivity index is 0.00000148. The fourth-order valence-corrected chi connectivity index (χ4v) is 5.96. The smallest absolute Gasteiger partial charge is 0.255 e. The van der Waals surface area contributed by atoms with Crippen LogP contribution in [0.25, 0.3) is 0 Å². The number of nitrogens with one attached hydrogen (secondary N) is 1. The van der Waals surface area contributed by atoms with Gasteiger partial charge in [0, 0.05) is 30.0 Å². The summed E-state index contributed by atoms with van der Waals surface area (Å²) < 4.78 is 0. The summed E-state index contributed by atoms with van der Waals surface area (Å²) in [5, 5.41) is 13.4. The molecule has 0 spiro atoms. The first-order valence-corrected chi connectivity index (χ1v) is 13.0. The molecule has 1 amide bonds. The normalized spacial score (nSPS) is 22.8. The van der Waals surface area contributed by atoms with E-state index in [0.717, 1.165) is 36.1 Å². The summed E-state index contributed by atoms with van der Waals surface area (Å²) in [5.74, 6) is 0.0576.